The molecule has 0 spiro atoms. The van der Waals surface area contributed by atoms with Crippen LogP contribution in [0.2, 0.25) is 0 Å². The maximum Gasteiger partial charge on any atom is 0.359 e. The molecule has 0 heterocycles. The van der Waals surface area contributed by atoms with Crippen LogP contribution in [0.5, 0.6) is 0 Å². The second-order valence-electron chi connectivity index (χ2n) is 7.09. The molecule has 0 aliphatic heterocycles. The van der Waals surface area contributed by atoms with Gasteiger partial charge in [0.05, 0.1) is 13.1 Å². The predicted molar refractivity (Wildman–Crippen MR) is 101 cm³/mol. The van der Waals surface area contributed by atoms with Gasteiger partial charge in [0.2, 0.25) is 0 Å². The molecule has 0 radical (unpaired) electrons. The van der Waals surface area contributed by atoms with Gasteiger partial charge in [0.15, 0.2) is 6.54 Å². The first-order valence-electron chi connectivity index (χ1n) is 9.85. The molecule has 142 valence electrons. The number of aliphatic hydroxyl groups is 1. The molecule has 0 rings (SSSR count). The Morgan fingerprint density at radius 1 is 1.04 bits per heavy atom. The van der Waals surface area contributed by atoms with Crippen molar-refractivity contribution in [3.8, 4) is 0 Å². The van der Waals surface area contributed by atoms with E-state index in [1.165, 1.54) is 0 Å². The van der Waals surface area contributed by atoms with Crippen molar-refractivity contribution in [1.82, 2.24) is 0 Å². The van der Waals surface area contributed by atoms with Crippen LogP contribution in [0.4, 0.5) is 0 Å². The Bertz CT molecular complexity index is 332. The number of unbranched alkanes of at least 4 members (excludes halogenated alkanes) is 5. The molecule has 1 unspecified atom stereocenters. The molecule has 0 aromatic heterocycles. The lowest BCUT2D eigenvalue weighted by molar-refractivity contribution is -0.924. The smallest absolute Gasteiger partial charge is 0.359 e. The van der Waals surface area contributed by atoms with Crippen LogP contribution in [0.15, 0.2) is 12.2 Å². The van der Waals surface area contributed by atoms with Crippen LogP contribution in [0.1, 0.15) is 78.6 Å². The Balaban J connectivity index is 4.81. The second kappa shape index (κ2) is 14.5. The number of rotatable bonds is 16. The summed E-state index contributed by atoms with van der Waals surface area (Å²) in [5, 5.41) is 19.9. The number of carboxylic acid groups (broad SMARTS) is 1. The van der Waals surface area contributed by atoms with Gasteiger partial charge in [-0.2, -0.15) is 0 Å². The van der Waals surface area contributed by atoms with Gasteiger partial charge < -0.3 is 14.7 Å². The van der Waals surface area contributed by atoms with Gasteiger partial charge in [-0.15, -0.1) is 0 Å². The highest BCUT2D eigenvalue weighted by Gasteiger charge is 2.32. The fourth-order valence-corrected chi connectivity index (χ4v) is 3.37. The molecule has 24 heavy (non-hydrogen) atoms. The molecule has 0 fully saturated rings. The quantitative estimate of drug-likeness (QED) is 0.249. The molecule has 2 N–H and O–H groups in total. The van der Waals surface area contributed by atoms with Crippen LogP contribution in [0.25, 0.3) is 0 Å². The molecule has 0 saturated heterocycles. The van der Waals surface area contributed by atoms with E-state index in [2.05, 4.69) is 19.9 Å². The van der Waals surface area contributed by atoms with Crippen molar-refractivity contribution < 1.29 is 19.5 Å². The van der Waals surface area contributed by atoms with Crippen LogP contribution in [-0.2, 0) is 4.79 Å². The van der Waals surface area contributed by atoms with E-state index in [9.17, 15) is 15.0 Å². The fraction of sp³-hybridized carbons (Fsp3) is 0.850. The zero-order valence-corrected chi connectivity index (χ0v) is 16.2. The predicted octanol–water partition coefficient (Wildman–Crippen LogP) is 4.38. The van der Waals surface area contributed by atoms with Gasteiger partial charge in [-0.25, -0.2) is 4.79 Å². The Morgan fingerprint density at radius 2 is 1.62 bits per heavy atom. The average Bonchev–Trinajstić information content (AvgIpc) is 2.51. The Morgan fingerprint density at radius 3 is 2.08 bits per heavy atom. The van der Waals surface area contributed by atoms with Crippen LogP contribution < -0.4 is 0 Å². The molecule has 0 bridgehead atoms. The third kappa shape index (κ3) is 11.6. The minimum Gasteiger partial charge on any atom is -0.477 e. The summed E-state index contributed by atoms with van der Waals surface area (Å²) in [6, 6.07) is 0. The monoisotopic (exact) mass is 342 g/mol. The highest BCUT2D eigenvalue weighted by atomic mass is 16.4. The zero-order chi connectivity index (χ0) is 18.3. The highest BCUT2D eigenvalue weighted by Crippen LogP contribution is 2.17. The van der Waals surface area contributed by atoms with Crippen LogP contribution in [-0.4, -0.2) is 52.9 Å². The normalized spacial score (nSPS) is 13.5. The van der Waals surface area contributed by atoms with Crippen molar-refractivity contribution in [2.24, 2.45) is 0 Å². The molecule has 0 saturated carbocycles. The van der Waals surface area contributed by atoms with Crippen molar-refractivity contribution >= 4 is 5.97 Å². The molecule has 1 atom stereocenters. The molecule has 0 aliphatic carbocycles. The number of allylic oxidation sites excluding steroid dienone is 2. The van der Waals surface area contributed by atoms with E-state index in [1.807, 2.05) is 13.0 Å². The van der Waals surface area contributed by atoms with E-state index in [0.717, 1.165) is 70.9 Å². The topological polar surface area (TPSA) is 57.5 Å². The summed E-state index contributed by atoms with van der Waals surface area (Å²) in [6.45, 7) is 8.80. The summed E-state index contributed by atoms with van der Waals surface area (Å²) >= 11 is 0. The standard InChI is InChI=1S/C20H39NO3/c1-4-7-10-11-14-19(22)17-21(18-20(23)24,15-12-8-5-2)16-13-9-6-3/h4,7,19,22H,5-6,8-18H2,1-3H3/p+1/b7-4+. The summed E-state index contributed by atoms with van der Waals surface area (Å²) in [5.74, 6) is -0.746. The van der Waals surface area contributed by atoms with Gasteiger partial charge in [-0.3, -0.25) is 0 Å². The minimum atomic E-state index is -0.746. The van der Waals surface area contributed by atoms with Crippen LogP contribution in [0, 0.1) is 0 Å². The van der Waals surface area contributed by atoms with Crippen molar-refractivity contribution in [3.63, 3.8) is 0 Å². The van der Waals surface area contributed by atoms with Crippen molar-refractivity contribution in [2.45, 2.75) is 84.7 Å². The first-order valence-corrected chi connectivity index (χ1v) is 9.85. The number of aliphatic hydroxyl groups excluding tert-OH is 1. The highest BCUT2D eigenvalue weighted by molar-refractivity contribution is 5.67. The zero-order valence-electron chi connectivity index (χ0n) is 16.2. The summed E-state index contributed by atoms with van der Waals surface area (Å²) < 4.78 is 0.542. The summed E-state index contributed by atoms with van der Waals surface area (Å²) in [4.78, 5) is 11.5. The molecule has 0 aliphatic rings. The molecule has 4 nitrogen and oxygen atoms in total. The second-order valence-corrected chi connectivity index (χ2v) is 7.09. The van der Waals surface area contributed by atoms with E-state index in [1.54, 1.807) is 0 Å². The van der Waals surface area contributed by atoms with Gasteiger partial charge in [-0.1, -0.05) is 38.8 Å². The molecule has 0 aromatic carbocycles. The first kappa shape index (κ1) is 23.1. The third-order valence-electron chi connectivity index (χ3n) is 4.68. The lowest BCUT2D eigenvalue weighted by Crippen LogP contribution is -2.56. The van der Waals surface area contributed by atoms with Gasteiger partial charge in [0.25, 0.3) is 0 Å². The summed E-state index contributed by atoms with van der Waals surface area (Å²) in [5.41, 5.74) is 0. The molecular formula is C20H40NO3+. The van der Waals surface area contributed by atoms with Crippen molar-refractivity contribution in [3.05, 3.63) is 12.2 Å². The number of hydrogen-bond donors (Lipinski definition) is 2. The number of aliphatic carboxylic acids is 1. The Kier molecular flexibility index (Phi) is 13.9. The largest absolute Gasteiger partial charge is 0.477 e. The number of carboxylic acids is 1. The molecule has 0 aromatic rings. The number of nitrogens with zero attached hydrogens (tertiary/aromatic N) is 1. The Labute approximate surface area is 149 Å². The number of carbonyl (C=O) groups is 1. The lowest BCUT2D eigenvalue weighted by Gasteiger charge is -2.39. The maximum absolute atomic E-state index is 11.5. The first-order chi connectivity index (χ1) is 11.5. The average molecular weight is 343 g/mol. The van der Waals surface area contributed by atoms with Crippen molar-refractivity contribution in [1.29, 1.82) is 0 Å². The Hall–Kier alpha value is -0.870. The lowest BCUT2D eigenvalue weighted by atomic mass is 10.1. The molecule has 4 heteroatoms. The molecular weight excluding hydrogens is 302 g/mol. The molecule has 0 amide bonds. The van der Waals surface area contributed by atoms with Gasteiger partial charge in [0.1, 0.15) is 12.6 Å². The van der Waals surface area contributed by atoms with E-state index in [4.69, 9.17) is 0 Å². The minimum absolute atomic E-state index is 0.138. The van der Waals surface area contributed by atoms with E-state index < -0.39 is 12.1 Å². The third-order valence-corrected chi connectivity index (χ3v) is 4.68. The van der Waals surface area contributed by atoms with Gasteiger partial charge in [0, 0.05) is 0 Å². The number of quaternary nitrogens is 1. The van der Waals surface area contributed by atoms with Crippen LogP contribution in [0.3, 0.4) is 0 Å². The van der Waals surface area contributed by atoms with E-state index >= 15 is 0 Å². The number of hydrogen-bond acceptors (Lipinski definition) is 2. The summed E-state index contributed by atoms with van der Waals surface area (Å²) in [6.07, 6.45) is 13.1. The van der Waals surface area contributed by atoms with Gasteiger partial charge in [-0.05, 0) is 51.9 Å². The maximum atomic E-state index is 11.5. The van der Waals surface area contributed by atoms with E-state index in [0.29, 0.717) is 11.0 Å². The van der Waals surface area contributed by atoms with Gasteiger partial charge >= 0.3 is 5.97 Å². The SMILES string of the molecule is C/C=C/CCCC(O)C[N+](CCCCC)(CCCCC)CC(=O)O. The summed E-state index contributed by atoms with van der Waals surface area (Å²) in [7, 11) is 0. The van der Waals surface area contributed by atoms with Crippen molar-refractivity contribution in [2.75, 3.05) is 26.2 Å². The van der Waals surface area contributed by atoms with E-state index in [-0.39, 0.29) is 6.54 Å². The van der Waals surface area contributed by atoms with Crippen LogP contribution >= 0.6 is 0 Å². The fourth-order valence-electron chi connectivity index (χ4n) is 3.37.